The lowest BCUT2D eigenvalue weighted by Gasteiger charge is -2.10. The van der Waals surface area contributed by atoms with Crippen LogP contribution in [0.15, 0.2) is 22.7 Å². The normalized spacial score (nSPS) is 10.3. The largest absolute Gasteiger partial charge is 0.496 e. The fraction of sp³-hybridized carbons (Fsp3) is 0.167. The highest BCUT2D eigenvalue weighted by Crippen LogP contribution is 2.37. The summed E-state index contributed by atoms with van der Waals surface area (Å²) in [5, 5.41) is 6.62. The van der Waals surface area contributed by atoms with Crippen molar-refractivity contribution in [2.24, 2.45) is 5.73 Å². The molecule has 1 heterocycles. The first-order valence-corrected chi connectivity index (χ1v) is 6.13. The number of carbonyl (C=O) groups is 1. The molecule has 0 fully saturated rings. The van der Waals surface area contributed by atoms with Crippen LogP contribution in [0, 0.1) is 0 Å². The summed E-state index contributed by atoms with van der Waals surface area (Å²) in [5.41, 5.74) is 6.67. The first-order chi connectivity index (χ1) is 9.06. The lowest BCUT2D eigenvalue weighted by Crippen LogP contribution is -2.10. The van der Waals surface area contributed by atoms with Crippen molar-refractivity contribution in [3.63, 3.8) is 0 Å². The number of primary amides is 1. The number of halogens is 1. The minimum atomic E-state index is -0.568. The highest BCUT2D eigenvalue weighted by atomic mass is 79.9. The molecule has 0 aliphatic heterocycles. The number of ether oxygens (including phenoxy) is 2. The number of nitrogens with zero attached hydrogens (tertiary/aromatic N) is 1. The number of amides is 1. The Morgan fingerprint density at radius 1 is 1.26 bits per heavy atom. The van der Waals surface area contributed by atoms with Crippen molar-refractivity contribution in [1.29, 1.82) is 0 Å². The summed E-state index contributed by atoms with van der Waals surface area (Å²) in [6.07, 6.45) is 0. The number of hydrogen-bond acceptors (Lipinski definition) is 4. The maximum absolute atomic E-state index is 11.1. The number of H-pyrrole nitrogens is 1. The molecule has 0 spiro atoms. The van der Waals surface area contributed by atoms with Gasteiger partial charge in [-0.2, -0.15) is 5.10 Å². The second-order valence-corrected chi connectivity index (χ2v) is 4.57. The number of carbonyl (C=O) groups excluding carboxylic acids is 1. The lowest BCUT2D eigenvalue weighted by atomic mass is 10.1. The van der Waals surface area contributed by atoms with Crippen LogP contribution < -0.4 is 15.2 Å². The molecule has 3 N–H and O–H groups in total. The molecule has 19 heavy (non-hydrogen) atoms. The Bertz CT molecular complexity index is 625. The van der Waals surface area contributed by atoms with E-state index in [1.54, 1.807) is 32.4 Å². The number of aromatic amines is 1. The summed E-state index contributed by atoms with van der Waals surface area (Å²) in [7, 11) is 3.12. The van der Waals surface area contributed by atoms with E-state index in [1.165, 1.54) is 0 Å². The van der Waals surface area contributed by atoms with Crippen molar-refractivity contribution >= 4 is 21.8 Å². The zero-order valence-corrected chi connectivity index (χ0v) is 11.9. The second kappa shape index (κ2) is 5.31. The van der Waals surface area contributed by atoms with Gasteiger partial charge in [0.15, 0.2) is 0 Å². The van der Waals surface area contributed by atoms with Crippen molar-refractivity contribution in [3.8, 4) is 22.8 Å². The van der Waals surface area contributed by atoms with Crippen LogP contribution in [0.3, 0.4) is 0 Å². The number of nitrogens with two attached hydrogens (primary N) is 1. The van der Waals surface area contributed by atoms with Gasteiger partial charge in [-0.25, -0.2) is 0 Å². The topological polar surface area (TPSA) is 90.2 Å². The lowest BCUT2D eigenvalue weighted by molar-refractivity contribution is 0.0995. The van der Waals surface area contributed by atoms with Crippen molar-refractivity contribution in [3.05, 3.63) is 28.4 Å². The van der Waals surface area contributed by atoms with E-state index >= 15 is 0 Å². The molecule has 0 saturated carbocycles. The molecular weight excluding hydrogens is 314 g/mol. The molecule has 7 heteroatoms. The summed E-state index contributed by atoms with van der Waals surface area (Å²) in [5.74, 6) is 0.677. The molecule has 0 saturated heterocycles. The third-order valence-corrected chi connectivity index (χ3v) is 3.21. The Balaban J connectivity index is 2.55. The van der Waals surface area contributed by atoms with E-state index in [9.17, 15) is 4.79 Å². The zero-order valence-electron chi connectivity index (χ0n) is 10.4. The van der Waals surface area contributed by atoms with Gasteiger partial charge >= 0.3 is 0 Å². The van der Waals surface area contributed by atoms with Crippen LogP contribution in [0.2, 0.25) is 0 Å². The number of aromatic nitrogens is 2. The molecule has 1 amide bonds. The Morgan fingerprint density at radius 3 is 2.47 bits per heavy atom. The predicted octanol–water partition coefficient (Wildman–Crippen LogP) is 1.96. The molecule has 0 bridgehead atoms. The van der Waals surface area contributed by atoms with Gasteiger partial charge in [0.25, 0.3) is 5.91 Å². The summed E-state index contributed by atoms with van der Waals surface area (Å²) >= 11 is 3.38. The van der Waals surface area contributed by atoms with Crippen LogP contribution >= 0.6 is 15.9 Å². The Labute approximate surface area is 118 Å². The zero-order chi connectivity index (χ0) is 14.0. The molecule has 0 radical (unpaired) electrons. The monoisotopic (exact) mass is 325 g/mol. The molecule has 6 nitrogen and oxygen atoms in total. The smallest absolute Gasteiger partial charge is 0.266 e. The van der Waals surface area contributed by atoms with Crippen LogP contribution in [-0.4, -0.2) is 30.3 Å². The van der Waals surface area contributed by atoms with Crippen LogP contribution in [-0.2, 0) is 0 Å². The average Bonchev–Trinajstić information content (AvgIpc) is 2.88. The van der Waals surface area contributed by atoms with E-state index in [0.29, 0.717) is 22.8 Å². The van der Waals surface area contributed by atoms with Gasteiger partial charge in [0.1, 0.15) is 17.2 Å². The highest BCUT2D eigenvalue weighted by molar-refractivity contribution is 9.10. The highest BCUT2D eigenvalue weighted by Gasteiger charge is 2.15. The van der Waals surface area contributed by atoms with E-state index in [2.05, 4.69) is 26.1 Å². The van der Waals surface area contributed by atoms with Crippen molar-refractivity contribution in [1.82, 2.24) is 10.2 Å². The molecule has 1 aromatic heterocycles. The van der Waals surface area contributed by atoms with Gasteiger partial charge in [0.05, 0.1) is 24.4 Å². The van der Waals surface area contributed by atoms with E-state index in [4.69, 9.17) is 15.2 Å². The Morgan fingerprint density at radius 2 is 1.95 bits per heavy atom. The minimum absolute atomic E-state index is 0.235. The first-order valence-electron chi connectivity index (χ1n) is 5.34. The third kappa shape index (κ3) is 2.55. The Hall–Kier alpha value is -2.02. The molecule has 100 valence electrons. The molecule has 2 aromatic rings. The quantitative estimate of drug-likeness (QED) is 0.899. The SMILES string of the molecule is COc1cc(-c2cc(C(N)=O)[nH]n2)c(OC)cc1Br. The maximum Gasteiger partial charge on any atom is 0.266 e. The van der Waals surface area contributed by atoms with Crippen molar-refractivity contribution in [2.45, 2.75) is 0 Å². The van der Waals surface area contributed by atoms with Gasteiger partial charge < -0.3 is 15.2 Å². The minimum Gasteiger partial charge on any atom is -0.496 e. The number of benzene rings is 1. The van der Waals surface area contributed by atoms with Crippen LogP contribution in [0.1, 0.15) is 10.5 Å². The number of rotatable bonds is 4. The van der Waals surface area contributed by atoms with Crippen molar-refractivity contribution < 1.29 is 14.3 Å². The molecule has 0 aliphatic rings. The molecule has 1 aromatic carbocycles. The van der Waals surface area contributed by atoms with E-state index in [1.807, 2.05) is 0 Å². The van der Waals surface area contributed by atoms with Crippen LogP contribution in [0.25, 0.3) is 11.3 Å². The molecular formula is C12H12BrN3O3. The van der Waals surface area contributed by atoms with E-state index < -0.39 is 5.91 Å². The van der Waals surface area contributed by atoms with Gasteiger partial charge in [-0.1, -0.05) is 0 Å². The first kappa shape index (κ1) is 13.4. The Kier molecular flexibility index (Phi) is 3.75. The standard InChI is InChI=1S/C12H12BrN3O3/c1-18-10-4-7(13)11(19-2)3-6(10)8-5-9(12(14)17)16-15-8/h3-5H,1-2H3,(H2,14,17)(H,15,16). The van der Waals surface area contributed by atoms with E-state index in [-0.39, 0.29) is 5.69 Å². The summed E-state index contributed by atoms with van der Waals surface area (Å²) < 4.78 is 11.3. The number of nitrogens with one attached hydrogen (secondary N) is 1. The maximum atomic E-state index is 11.1. The second-order valence-electron chi connectivity index (χ2n) is 3.72. The fourth-order valence-electron chi connectivity index (χ4n) is 1.65. The van der Waals surface area contributed by atoms with Gasteiger partial charge in [-0.05, 0) is 34.1 Å². The van der Waals surface area contributed by atoms with Crippen molar-refractivity contribution in [2.75, 3.05) is 14.2 Å². The third-order valence-electron chi connectivity index (χ3n) is 2.59. The van der Waals surface area contributed by atoms with Crippen LogP contribution in [0.4, 0.5) is 0 Å². The molecule has 2 rings (SSSR count). The number of methoxy groups -OCH3 is 2. The molecule has 0 unspecified atom stereocenters. The predicted molar refractivity (Wildman–Crippen MR) is 73.3 cm³/mol. The van der Waals surface area contributed by atoms with Gasteiger partial charge in [0, 0.05) is 5.56 Å². The molecule has 0 atom stereocenters. The fourth-order valence-corrected chi connectivity index (χ4v) is 2.13. The van der Waals surface area contributed by atoms with Gasteiger partial charge in [-0.15, -0.1) is 0 Å². The summed E-state index contributed by atoms with van der Waals surface area (Å²) in [6.45, 7) is 0. The molecule has 0 aliphatic carbocycles. The summed E-state index contributed by atoms with van der Waals surface area (Å²) in [6, 6.07) is 5.10. The van der Waals surface area contributed by atoms with Gasteiger partial charge in [0.2, 0.25) is 0 Å². The number of hydrogen-bond donors (Lipinski definition) is 2. The van der Waals surface area contributed by atoms with E-state index in [0.717, 1.165) is 4.47 Å². The summed E-state index contributed by atoms with van der Waals surface area (Å²) in [4.78, 5) is 11.1. The van der Waals surface area contributed by atoms with Gasteiger partial charge in [-0.3, -0.25) is 9.89 Å². The average molecular weight is 326 g/mol. The van der Waals surface area contributed by atoms with Crippen LogP contribution in [0.5, 0.6) is 11.5 Å².